The van der Waals surface area contributed by atoms with E-state index in [0.29, 0.717) is 11.3 Å². The second-order valence-corrected chi connectivity index (χ2v) is 24.2. The van der Waals surface area contributed by atoms with Crippen LogP contribution in [0.3, 0.4) is 0 Å². The number of phenols is 12. The fourth-order valence-electron chi connectivity index (χ4n) is 6.72. The van der Waals surface area contributed by atoms with E-state index in [1.54, 1.807) is 48.5 Å². The van der Waals surface area contributed by atoms with Crippen molar-refractivity contribution in [1.29, 1.82) is 0 Å². The van der Waals surface area contributed by atoms with Gasteiger partial charge < -0.3 is 61.3 Å². The third-order valence-electron chi connectivity index (χ3n) is 11.1. The van der Waals surface area contributed by atoms with Crippen molar-refractivity contribution >= 4 is 0 Å². The van der Waals surface area contributed by atoms with Gasteiger partial charge in [-0.2, -0.15) is 0 Å². The molecule has 0 aliphatic carbocycles. The van der Waals surface area contributed by atoms with Crippen LogP contribution in [0, 0.1) is 6.92 Å². The van der Waals surface area contributed by atoms with E-state index in [9.17, 15) is 46.0 Å². The molecule has 0 aromatic heterocycles. The minimum absolute atomic E-state index is 0.00514. The summed E-state index contributed by atoms with van der Waals surface area (Å²) in [6.07, 6.45) is 0. The monoisotopic (exact) mass is 1010 g/mol. The molecule has 6 aromatic carbocycles. The Kier molecular flexibility index (Phi) is 21.9. The van der Waals surface area contributed by atoms with Gasteiger partial charge in [0.25, 0.3) is 0 Å². The maximum Gasteiger partial charge on any atom is 0.200 e. The highest BCUT2D eigenvalue weighted by atomic mass is 16.3. The van der Waals surface area contributed by atoms with Crippen molar-refractivity contribution in [3.63, 3.8) is 0 Å². The normalized spacial score (nSPS) is 11.6. The molecule has 0 atom stereocenters. The Hall–Kier alpha value is -7.08. The molecule has 0 spiro atoms. The molecule has 12 N–H and O–H groups in total. The average Bonchev–Trinajstić information content (AvgIpc) is 3.21. The Morgan fingerprint density at radius 3 is 1.01 bits per heavy atom. The summed E-state index contributed by atoms with van der Waals surface area (Å²) in [6, 6.07) is 27.5. The zero-order valence-electron chi connectivity index (χ0n) is 46.7. The molecule has 6 aromatic rings. The summed E-state index contributed by atoms with van der Waals surface area (Å²) >= 11 is 0. The lowest BCUT2D eigenvalue weighted by Crippen LogP contribution is -2.11. The van der Waals surface area contributed by atoms with Gasteiger partial charge in [-0.1, -0.05) is 161 Å². The number of hydrogen-bond acceptors (Lipinski definition) is 12. The molecule has 12 heteroatoms. The van der Waals surface area contributed by atoms with Crippen molar-refractivity contribution in [3.05, 3.63) is 142 Å². The summed E-state index contributed by atoms with van der Waals surface area (Å²) in [4.78, 5) is 0. The molecule has 0 aliphatic heterocycles. The van der Waals surface area contributed by atoms with E-state index in [0.717, 1.165) is 27.8 Å². The molecule has 6 rings (SSSR count). The van der Waals surface area contributed by atoms with Gasteiger partial charge in [0.1, 0.15) is 40.2 Å². The van der Waals surface area contributed by atoms with Gasteiger partial charge in [-0.05, 0) is 122 Å². The van der Waals surface area contributed by atoms with Gasteiger partial charge in [-0.15, -0.1) is 0 Å². The van der Waals surface area contributed by atoms with E-state index in [-0.39, 0.29) is 90.0 Å². The molecule has 0 amide bonds. The molecular formula is C61H86O12. The Labute approximate surface area is 434 Å². The lowest BCUT2D eigenvalue weighted by Gasteiger charge is -2.20. The Morgan fingerprint density at radius 2 is 0.616 bits per heavy atom. The Bertz CT molecular complexity index is 2630. The van der Waals surface area contributed by atoms with E-state index < -0.39 is 5.75 Å². The molecule has 73 heavy (non-hydrogen) atoms. The van der Waals surface area contributed by atoms with Crippen LogP contribution in [-0.2, 0) is 32.5 Å². The van der Waals surface area contributed by atoms with Gasteiger partial charge in [-0.3, -0.25) is 0 Å². The Balaban J connectivity index is 0.000000438. The largest absolute Gasteiger partial charge is 0.508 e. The molecule has 0 radical (unpaired) electrons. The summed E-state index contributed by atoms with van der Waals surface area (Å²) < 4.78 is 0. The number of hydrogen-bond donors (Lipinski definition) is 12. The van der Waals surface area contributed by atoms with Crippen LogP contribution in [0.5, 0.6) is 69.0 Å². The molecule has 0 saturated carbocycles. The van der Waals surface area contributed by atoms with Gasteiger partial charge in [0.05, 0.1) is 0 Å². The van der Waals surface area contributed by atoms with E-state index in [4.69, 9.17) is 15.3 Å². The smallest absolute Gasteiger partial charge is 0.200 e. The zero-order chi connectivity index (χ0) is 57.0. The average molecular weight is 1010 g/mol. The number of aromatic hydroxyl groups is 12. The molecule has 0 bridgehead atoms. The molecule has 12 nitrogen and oxygen atoms in total. The fourth-order valence-corrected chi connectivity index (χ4v) is 6.72. The number of benzene rings is 6. The second-order valence-electron chi connectivity index (χ2n) is 24.2. The molecule has 0 saturated heterocycles. The fraction of sp³-hybridized carbons (Fsp3) is 0.410. The SMILES string of the molecule is CC(C)(C)c1cc(O)cc(O)c1.CC(C)(C)c1cc(O)ccc1O.CC(C)(C)c1ccc(O)c(O)c1.CC(C)(C)c1ccc(O)c(O)c1O.CC(C)(C)c1ccc(O)cc1O.Cc1ccc(O)c(C(C)(C)C)c1. The summed E-state index contributed by atoms with van der Waals surface area (Å²) in [6.45, 7) is 38.3. The highest BCUT2D eigenvalue weighted by Crippen LogP contribution is 2.42. The molecule has 0 heterocycles. The van der Waals surface area contributed by atoms with Crippen LogP contribution in [0.25, 0.3) is 0 Å². The maximum atomic E-state index is 9.57. The van der Waals surface area contributed by atoms with Gasteiger partial charge >= 0.3 is 0 Å². The minimum atomic E-state index is -0.451. The van der Waals surface area contributed by atoms with Crippen LogP contribution < -0.4 is 0 Å². The van der Waals surface area contributed by atoms with Crippen LogP contribution >= 0.6 is 0 Å². The number of rotatable bonds is 0. The van der Waals surface area contributed by atoms with Crippen molar-refractivity contribution in [3.8, 4) is 69.0 Å². The topological polar surface area (TPSA) is 243 Å². The quantitative estimate of drug-likeness (QED) is 0.0502. The van der Waals surface area contributed by atoms with E-state index in [2.05, 4.69) is 41.5 Å². The van der Waals surface area contributed by atoms with Crippen LogP contribution in [-0.4, -0.2) is 61.3 Å². The predicted octanol–water partition coefficient (Wildman–Crippen LogP) is 14.7. The molecule has 0 unspecified atom stereocenters. The van der Waals surface area contributed by atoms with Crippen LogP contribution in [0.15, 0.2) is 103 Å². The predicted molar refractivity (Wildman–Crippen MR) is 296 cm³/mol. The molecular weight excluding hydrogens is 925 g/mol. The van der Waals surface area contributed by atoms with Crippen LogP contribution in [0.2, 0.25) is 0 Å². The van der Waals surface area contributed by atoms with Crippen LogP contribution in [0.4, 0.5) is 0 Å². The van der Waals surface area contributed by atoms with Crippen molar-refractivity contribution in [2.45, 2.75) is 164 Å². The van der Waals surface area contributed by atoms with Crippen molar-refractivity contribution in [1.82, 2.24) is 0 Å². The van der Waals surface area contributed by atoms with Gasteiger partial charge in [0.2, 0.25) is 5.75 Å². The summed E-state index contributed by atoms with van der Waals surface area (Å²) in [5, 5.41) is 111. The van der Waals surface area contributed by atoms with Gasteiger partial charge in [0.15, 0.2) is 23.0 Å². The third kappa shape index (κ3) is 21.3. The lowest BCUT2D eigenvalue weighted by molar-refractivity contribution is 0.359. The molecule has 402 valence electrons. The zero-order valence-corrected chi connectivity index (χ0v) is 46.7. The first kappa shape index (κ1) is 63.9. The summed E-state index contributed by atoms with van der Waals surface area (Å²) in [5.41, 5.74) is 5.89. The Morgan fingerprint density at radius 1 is 0.233 bits per heavy atom. The second kappa shape index (κ2) is 25.0. The van der Waals surface area contributed by atoms with Crippen LogP contribution in [0.1, 0.15) is 164 Å². The van der Waals surface area contributed by atoms with Gasteiger partial charge in [0, 0.05) is 23.3 Å². The first-order chi connectivity index (χ1) is 32.9. The summed E-state index contributed by atoms with van der Waals surface area (Å²) in [5.74, 6) is 0.185. The number of phenolic OH excluding ortho intramolecular Hbond substituents is 12. The first-order valence-electron chi connectivity index (χ1n) is 24.0. The van der Waals surface area contributed by atoms with Gasteiger partial charge in [-0.25, -0.2) is 0 Å². The minimum Gasteiger partial charge on any atom is -0.508 e. The van der Waals surface area contributed by atoms with Crippen molar-refractivity contribution < 1.29 is 61.3 Å². The van der Waals surface area contributed by atoms with Crippen molar-refractivity contribution in [2.75, 3.05) is 0 Å². The lowest BCUT2D eigenvalue weighted by atomic mass is 9.85. The highest BCUT2D eigenvalue weighted by Gasteiger charge is 2.23. The highest BCUT2D eigenvalue weighted by molar-refractivity contribution is 5.55. The number of aryl methyl sites for hydroxylation is 1. The van der Waals surface area contributed by atoms with Crippen molar-refractivity contribution in [2.24, 2.45) is 0 Å². The van der Waals surface area contributed by atoms with E-state index >= 15 is 0 Å². The first-order valence-corrected chi connectivity index (χ1v) is 24.0. The standard InChI is InChI=1S/C11H16O.C10H14O3.4C10H14O2/c1-8-5-6-10(12)9(7-8)11(2,3)4;1-10(2,3)6-4-5-7(11)9(13)8(6)12;1-10(2,3)7-4-8(11)6-9(12)5-7;1-10(2,3)8-6-7(11)4-5-9(8)12;1-10(2,3)8-5-4-7(11)6-9(8)12;1-10(2,3)7-4-5-8(11)9(12)6-7/h5-7,12H,1-4H3;4-5,11-13H,1-3H3;4*4-6,11-12H,1-3H3. The van der Waals surface area contributed by atoms with E-state index in [1.165, 1.54) is 42.0 Å². The molecule has 0 aliphatic rings. The van der Waals surface area contributed by atoms with E-state index in [1.807, 2.05) is 108 Å². The third-order valence-corrected chi connectivity index (χ3v) is 11.1. The summed E-state index contributed by atoms with van der Waals surface area (Å²) in [7, 11) is 0. The molecule has 0 fully saturated rings. The maximum absolute atomic E-state index is 9.57.